The average molecular weight is 255 g/mol. The average Bonchev–Trinajstić information content (AvgIpc) is 2.49. The van der Waals surface area contributed by atoms with Gasteiger partial charge < -0.3 is 10.4 Å². The van der Waals surface area contributed by atoms with Crippen molar-refractivity contribution in [2.75, 3.05) is 13.2 Å². The van der Waals surface area contributed by atoms with Crippen LogP contribution in [0.1, 0.15) is 66.7 Å². The number of nitrogens with one attached hydrogen (secondary N) is 1. The topological polar surface area (TPSA) is 32.3 Å². The van der Waals surface area contributed by atoms with E-state index in [9.17, 15) is 5.11 Å². The molecule has 0 amide bonds. The Bertz CT molecular complexity index is 244. The summed E-state index contributed by atoms with van der Waals surface area (Å²) >= 11 is 0. The first-order chi connectivity index (χ1) is 8.29. The van der Waals surface area contributed by atoms with Gasteiger partial charge in [0.2, 0.25) is 0 Å². The first-order valence-corrected chi connectivity index (χ1v) is 7.65. The SMILES string of the molecule is CC(C)CNC1(CO)CCCC(C(C)(C)C)CC1. The molecular formula is C16H33NO. The Balaban J connectivity index is 2.61. The second kappa shape index (κ2) is 6.38. The fraction of sp³-hybridized carbons (Fsp3) is 1.00. The lowest BCUT2D eigenvalue weighted by atomic mass is 9.76. The van der Waals surface area contributed by atoms with E-state index in [1.54, 1.807) is 0 Å². The Labute approximate surface area is 114 Å². The lowest BCUT2D eigenvalue weighted by Crippen LogP contribution is -2.49. The summed E-state index contributed by atoms with van der Waals surface area (Å²) in [7, 11) is 0. The maximum Gasteiger partial charge on any atom is 0.0613 e. The Morgan fingerprint density at radius 1 is 1.22 bits per heavy atom. The molecule has 1 fully saturated rings. The summed E-state index contributed by atoms with van der Waals surface area (Å²) in [6, 6.07) is 0. The monoisotopic (exact) mass is 255 g/mol. The van der Waals surface area contributed by atoms with Crippen molar-refractivity contribution >= 4 is 0 Å². The second-order valence-electron chi connectivity index (χ2n) is 7.71. The zero-order chi connectivity index (χ0) is 13.8. The normalized spacial score (nSPS) is 30.5. The Morgan fingerprint density at radius 3 is 2.39 bits per heavy atom. The summed E-state index contributed by atoms with van der Waals surface area (Å²) in [6.45, 7) is 12.8. The summed E-state index contributed by atoms with van der Waals surface area (Å²) in [5.41, 5.74) is 0.397. The van der Waals surface area contributed by atoms with Gasteiger partial charge in [-0.25, -0.2) is 0 Å². The molecule has 18 heavy (non-hydrogen) atoms. The van der Waals surface area contributed by atoms with Crippen molar-refractivity contribution in [1.82, 2.24) is 5.32 Å². The second-order valence-corrected chi connectivity index (χ2v) is 7.71. The van der Waals surface area contributed by atoms with Crippen molar-refractivity contribution in [2.45, 2.75) is 72.3 Å². The van der Waals surface area contributed by atoms with Gasteiger partial charge in [0.05, 0.1) is 6.61 Å². The molecule has 1 aliphatic carbocycles. The highest BCUT2D eigenvalue weighted by Crippen LogP contribution is 2.39. The van der Waals surface area contributed by atoms with Gasteiger partial charge in [-0.3, -0.25) is 0 Å². The molecule has 2 heteroatoms. The third-order valence-electron chi connectivity index (χ3n) is 4.59. The first-order valence-electron chi connectivity index (χ1n) is 7.65. The van der Waals surface area contributed by atoms with Crippen molar-refractivity contribution in [3.8, 4) is 0 Å². The first kappa shape index (κ1) is 16.0. The van der Waals surface area contributed by atoms with Gasteiger partial charge in [-0.1, -0.05) is 41.0 Å². The Hall–Kier alpha value is -0.0800. The maximum atomic E-state index is 9.81. The van der Waals surface area contributed by atoms with Gasteiger partial charge in [0.1, 0.15) is 0 Å². The van der Waals surface area contributed by atoms with Gasteiger partial charge in [-0.05, 0) is 49.5 Å². The van der Waals surface area contributed by atoms with Gasteiger partial charge in [0.15, 0.2) is 0 Å². The highest BCUT2D eigenvalue weighted by atomic mass is 16.3. The number of aliphatic hydroxyl groups is 1. The van der Waals surface area contributed by atoms with E-state index in [2.05, 4.69) is 39.9 Å². The summed E-state index contributed by atoms with van der Waals surface area (Å²) in [5.74, 6) is 1.45. The molecule has 2 nitrogen and oxygen atoms in total. The van der Waals surface area contributed by atoms with E-state index in [0.29, 0.717) is 11.3 Å². The zero-order valence-corrected chi connectivity index (χ0v) is 13.1. The summed E-state index contributed by atoms with van der Waals surface area (Å²) in [4.78, 5) is 0. The number of hydrogen-bond acceptors (Lipinski definition) is 2. The molecule has 0 saturated heterocycles. The minimum Gasteiger partial charge on any atom is -0.394 e. The van der Waals surface area contributed by atoms with Crippen LogP contribution in [0.2, 0.25) is 0 Å². The highest BCUT2D eigenvalue weighted by molar-refractivity contribution is 4.92. The highest BCUT2D eigenvalue weighted by Gasteiger charge is 2.35. The van der Waals surface area contributed by atoms with Crippen LogP contribution in [-0.4, -0.2) is 23.8 Å². The number of hydrogen-bond donors (Lipinski definition) is 2. The van der Waals surface area contributed by atoms with Gasteiger partial charge in [-0.15, -0.1) is 0 Å². The van der Waals surface area contributed by atoms with E-state index in [0.717, 1.165) is 25.3 Å². The molecule has 2 atom stereocenters. The lowest BCUT2D eigenvalue weighted by molar-refractivity contribution is 0.134. The van der Waals surface area contributed by atoms with Gasteiger partial charge in [0, 0.05) is 5.54 Å². The van der Waals surface area contributed by atoms with Crippen LogP contribution in [0.25, 0.3) is 0 Å². The van der Waals surface area contributed by atoms with Crippen LogP contribution in [-0.2, 0) is 0 Å². The molecule has 0 aromatic heterocycles. The molecule has 0 radical (unpaired) electrons. The van der Waals surface area contributed by atoms with Crippen LogP contribution in [0, 0.1) is 17.3 Å². The van der Waals surface area contributed by atoms with Crippen LogP contribution in [0.4, 0.5) is 0 Å². The van der Waals surface area contributed by atoms with E-state index in [1.807, 2.05) is 0 Å². The van der Waals surface area contributed by atoms with Gasteiger partial charge in [0.25, 0.3) is 0 Å². The molecule has 0 aromatic rings. The molecule has 0 aromatic carbocycles. The van der Waals surface area contributed by atoms with Crippen molar-refractivity contribution < 1.29 is 5.11 Å². The molecule has 0 aliphatic heterocycles. The molecule has 1 aliphatic rings. The summed E-state index contributed by atoms with van der Waals surface area (Å²) in [6.07, 6.45) is 6.05. The smallest absolute Gasteiger partial charge is 0.0613 e. The molecule has 1 rings (SSSR count). The van der Waals surface area contributed by atoms with Crippen LogP contribution in [0.3, 0.4) is 0 Å². The molecule has 2 unspecified atom stereocenters. The number of aliphatic hydroxyl groups excluding tert-OH is 1. The van der Waals surface area contributed by atoms with Crippen molar-refractivity contribution in [3.63, 3.8) is 0 Å². The van der Waals surface area contributed by atoms with Gasteiger partial charge >= 0.3 is 0 Å². The molecular weight excluding hydrogens is 222 g/mol. The Morgan fingerprint density at radius 2 is 1.89 bits per heavy atom. The van der Waals surface area contributed by atoms with Crippen molar-refractivity contribution in [3.05, 3.63) is 0 Å². The third-order valence-corrected chi connectivity index (χ3v) is 4.59. The quantitative estimate of drug-likeness (QED) is 0.752. The molecule has 0 spiro atoms. The molecule has 0 heterocycles. The number of rotatable bonds is 4. The minimum absolute atomic E-state index is 0.00965. The van der Waals surface area contributed by atoms with Crippen LogP contribution in [0.15, 0.2) is 0 Å². The Kier molecular flexibility index (Phi) is 5.67. The minimum atomic E-state index is -0.00965. The summed E-state index contributed by atoms with van der Waals surface area (Å²) in [5, 5.41) is 13.5. The zero-order valence-electron chi connectivity index (χ0n) is 13.1. The van der Waals surface area contributed by atoms with Crippen LogP contribution >= 0.6 is 0 Å². The molecule has 1 saturated carbocycles. The van der Waals surface area contributed by atoms with Gasteiger partial charge in [-0.2, -0.15) is 0 Å². The maximum absolute atomic E-state index is 9.81. The van der Waals surface area contributed by atoms with E-state index >= 15 is 0 Å². The predicted octanol–water partition coefficient (Wildman–Crippen LogP) is 3.59. The van der Waals surface area contributed by atoms with E-state index in [1.165, 1.54) is 19.3 Å². The van der Waals surface area contributed by atoms with Crippen LogP contribution in [0.5, 0.6) is 0 Å². The van der Waals surface area contributed by atoms with Crippen molar-refractivity contribution in [1.29, 1.82) is 0 Å². The predicted molar refractivity (Wildman–Crippen MR) is 78.7 cm³/mol. The molecule has 108 valence electrons. The largest absolute Gasteiger partial charge is 0.394 e. The lowest BCUT2D eigenvalue weighted by Gasteiger charge is -2.34. The van der Waals surface area contributed by atoms with Crippen molar-refractivity contribution in [2.24, 2.45) is 17.3 Å². The summed E-state index contributed by atoms with van der Waals surface area (Å²) < 4.78 is 0. The van der Waals surface area contributed by atoms with Crippen LogP contribution < -0.4 is 5.32 Å². The molecule has 2 N–H and O–H groups in total. The van der Waals surface area contributed by atoms with E-state index < -0.39 is 0 Å². The van der Waals surface area contributed by atoms with E-state index in [-0.39, 0.29) is 12.1 Å². The standard InChI is InChI=1S/C16H33NO/c1-13(2)11-17-16(12-18)9-6-7-14(8-10-16)15(3,4)5/h13-14,17-18H,6-12H2,1-5H3. The molecule has 0 bridgehead atoms. The van der Waals surface area contributed by atoms with E-state index in [4.69, 9.17) is 0 Å². The third kappa shape index (κ3) is 4.55. The fourth-order valence-corrected chi connectivity index (χ4v) is 3.08. The fourth-order valence-electron chi connectivity index (χ4n) is 3.08.